The van der Waals surface area contributed by atoms with Gasteiger partial charge in [0, 0.05) is 10.0 Å². The molecule has 0 heterocycles. The van der Waals surface area contributed by atoms with Gasteiger partial charge in [0.1, 0.15) is 0 Å². The molecule has 0 aliphatic carbocycles. The SMILES string of the molecule is Cc1cc(Br)cc(C(=O)C(=O)O)c1C. The quantitative estimate of drug-likeness (QED) is 0.653. The van der Waals surface area contributed by atoms with E-state index in [4.69, 9.17) is 5.11 Å². The number of carbonyl (C=O) groups excluding carboxylic acids is 1. The van der Waals surface area contributed by atoms with Crippen molar-refractivity contribution >= 4 is 27.7 Å². The van der Waals surface area contributed by atoms with Crippen molar-refractivity contribution in [3.05, 3.63) is 33.3 Å². The Bertz CT molecular complexity index is 410. The molecule has 4 heteroatoms. The number of carbonyl (C=O) groups is 2. The average Bonchev–Trinajstić information content (AvgIpc) is 2.09. The summed E-state index contributed by atoms with van der Waals surface area (Å²) < 4.78 is 0.713. The first kappa shape index (κ1) is 10.9. The van der Waals surface area contributed by atoms with Gasteiger partial charge in [0.25, 0.3) is 5.78 Å². The van der Waals surface area contributed by atoms with Gasteiger partial charge < -0.3 is 5.11 Å². The first-order valence-corrected chi connectivity index (χ1v) is 4.77. The summed E-state index contributed by atoms with van der Waals surface area (Å²) in [5.41, 5.74) is 1.84. The van der Waals surface area contributed by atoms with E-state index in [1.807, 2.05) is 13.0 Å². The van der Waals surface area contributed by atoms with Crippen LogP contribution in [0.25, 0.3) is 0 Å². The molecule has 0 saturated heterocycles. The van der Waals surface area contributed by atoms with Crippen molar-refractivity contribution in [3.63, 3.8) is 0 Å². The van der Waals surface area contributed by atoms with Gasteiger partial charge in [-0.1, -0.05) is 15.9 Å². The van der Waals surface area contributed by atoms with E-state index in [1.165, 1.54) is 6.07 Å². The van der Waals surface area contributed by atoms with Crippen molar-refractivity contribution in [1.82, 2.24) is 0 Å². The molecule has 0 aromatic heterocycles. The fourth-order valence-corrected chi connectivity index (χ4v) is 1.74. The van der Waals surface area contributed by atoms with Crippen LogP contribution in [-0.4, -0.2) is 16.9 Å². The van der Waals surface area contributed by atoms with Gasteiger partial charge in [-0.25, -0.2) is 4.79 Å². The number of ketones is 1. The topological polar surface area (TPSA) is 54.4 Å². The normalized spacial score (nSPS) is 9.93. The highest BCUT2D eigenvalue weighted by Crippen LogP contribution is 2.20. The van der Waals surface area contributed by atoms with Crippen LogP contribution in [0.15, 0.2) is 16.6 Å². The molecule has 0 unspecified atom stereocenters. The monoisotopic (exact) mass is 256 g/mol. The molecule has 0 aliphatic rings. The Hall–Kier alpha value is -1.16. The number of hydrogen-bond donors (Lipinski definition) is 1. The van der Waals surface area contributed by atoms with Crippen LogP contribution in [0.2, 0.25) is 0 Å². The van der Waals surface area contributed by atoms with E-state index < -0.39 is 11.8 Å². The number of Topliss-reactive ketones (excluding diaryl/α,β-unsaturated/α-hetero) is 1. The highest BCUT2D eigenvalue weighted by atomic mass is 79.9. The molecular formula is C10H9BrO3. The Morgan fingerprint density at radius 1 is 1.29 bits per heavy atom. The van der Waals surface area contributed by atoms with Crippen molar-refractivity contribution in [2.75, 3.05) is 0 Å². The molecule has 1 aromatic carbocycles. The fourth-order valence-electron chi connectivity index (χ4n) is 1.17. The minimum atomic E-state index is -1.43. The first-order chi connectivity index (χ1) is 6.43. The van der Waals surface area contributed by atoms with Crippen molar-refractivity contribution in [2.24, 2.45) is 0 Å². The summed E-state index contributed by atoms with van der Waals surface area (Å²) in [6, 6.07) is 3.37. The summed E-state index contributed by atoms with van der Waals surface area (Å²) in [4.78, 5) is 21.8. The first-order valence-electron chi connectivity index (χ1n) is 3.98. The summed E-state index contributed by atoms with van der Waals surface area (Å²) >= 11 is 3.22. The van der Waals surface area contributed by atoms with Crippen LogP contribution < -0.4 is 0 Å². The summed E-state index contributed by atoms with van der Waals surface area (Å²) in [5.74, 6) is -2.29. The van der Waals surface area contributed by atoms with Crippen LogP contribution in [0.3, 0.4) is 0 Å². The number of aliphatic carboxylic acids is 1. The van der Waals surface area contributed by atoms with Crippen LogP contribution >= 0.6 is 15.9 Å². The number of benzene rings is 1. The molecule has 0 fully saturated rings. The summed E-state index contributed by atoms with van der Waals surface area (Å²) in [6.45, 7) is 3.57. The number of carboxylic acids is 1. The highest BCUT2D eigenvalue weighted by Gasteiger charge is 2.18. The van der Waals surface area contributed by atoms with Gasteiger partial charge >= 0.3 is 5.97 Å². The Kier molecular flexibility index (Phi) is 3.06. The molecule has 0 amide bonds. The summed E-state index contributed by atoms with van der Waals surface area (Å²) in [7, 11) is 0. The van der Waals surface area contributed by atoms with Crippen LogP contribution in [0.1, 0.15) is 21.5 Å². The van der Waals surface area contributed by atoms with E-state index in [1.54, 1.807) is 6.92 Å². The number of carboxylic acid groups (broad SMARTS) is 1. The largest absolute Gasteiger partial charge is 0.475 e. The molecule has 74 valence electrons. The van der Waals surface area contributed by atoms with Gasteiger partial charge in [-0.2, -0.15) is 0 Å². The van der Waals surface area contributed by atoms with Crippen molar-refractivity contribution in [2.45, 2.75) is 13.8 Å². The Balaban J connectivity index is 3.34. The minimum Gasteiger partial charge on any atom is -0.475 e. The summed E-state index contributed by atoms with van der Waals surface area (Å²) in [6.07, 6.45) is 0. The highest BCUT2D eigenvalue weighted by molar-refractivity contribution is 9.10. The summed E-state index contributed by atoms with van der Waals surface area (Å²) in [5, 5.41) is 8.58. The third kappa shape index (κ3) is 2.01. The average molecular weight is 257 g/mol. The maximum absolute atomic E-state index is 11.2. The van der Waals surface area contributed by atoms with Gasteiger partial charge in [-0.3, -0.25) is 4.79 Å². The number of hydrogen-bond acceptors (Lipinski definition) is 2. The van der Waals surface area contributed by atoms with E-state index in [0.717, 1.165) is 5.56 Å². The lowest BCUT2D eigenvalue weighted by molar-refractivity contribution is -0.131. The van der Waals surface area contributed by atoms with Crippen LogP contribution in [0, 0.1) is 13.8 Å². The maximum atomic E-state index is 11.2. The molecule has 1 aromatic rings. The van der Waals surface area contributed by atoms with Crippen LogP contribution in [0.4, 0.5) is 0 Å². The van der Waals surface area contributed by atoms with Crippen LogP contribution in [-0.2, 0) is 4.79 Å². The Morgan fingerprint density at radius 3 is 2.36 bits per heavy atom. The zero-order valence-electron chi connectivity index (χ0n) is 7.80. The Labute approximate surface area is 89.9 Å². The minimum absolute atomic E-state index is 0.240. The number of aryl methyl sites for hydroxylation is 1. The van der Waals surface area contributed by atoms with Crippen molar-refractivity contribution in [1.29, 1.82) is 0 Å². The molecule has 1 N–H and O–H groups in total. The van der Waals surface area contributed by atoms with Gasteiger partial charge in [0.2, 0.25) is 0 Å². The van der Waals surface area contributed by atoms with E-state index in [0.29, 0.717) is 10.0 Å². The number of halogens is 1. The fraction of sp³-hybridized carbons (Fsp3) is 0.200. The third-order valence-corrected chi connectivity index (χ3v) is 2.53. The maximum Gasteiger partial charge on any atom is 0.377 e. The zero-order valence-corrected chi connectivity index (χ0v) is 9.38. The molecule has 0 bridgehead atoms. The molecule has 0 aliphatic heterocycles. The molecule has 0 saturated carbocycles. The van der Waals surface area contributed by atoms with Crippen LogP contribution in [0.5, 0.6) is 0 Å². The van der Waals surface area contributed by atoms with E-state index in [9.17, 15) is 9.59 Å². The lowest BCUT2D eigenvalue weighted by Gasteiger charge is -2.06. The molecule has 0 spiro atoms. The van der Waals surface area contributed by atoms with Gasteiger partial charge in [0.15, 0.2) is 0 Å². The van der Waals surface area contributed by atoms with E-state index >= 15 is 0 Å². The second-order valence-electron chi connectivity index (χ2n) is 3.03. The van der Waals surface area contributed by atoms with Gasteiger partial charge in [-0.15, -0.1) is 0 Å². The lowest BCUT2D eigenvalue weighted by atomic mass is 10.0. The van der Waals surface area contributed by atoms with Crippen molar-refractivity contribution in [3.8, 4) is 0 Å². The van der Waals surface area contributed by atoms with E-state index in [2.05, 4.69) is 15.9 Å². The second kappa shape index (κ2) is 3.92. The standard InChI is InChI=1S/C10H9BrO3/c1-5-3-7(11)4-8(6(5)2)9(12)10(13)14/h3-4H,1-2H3,(H,13,14). The molecular weight excluding hydrogens is 248 g/mol. The van der Waals surface area contributed by atoms with Gasteiger partial charge in [-0.05, 0) is 37.1 Å². The smallest absolute Gasteiger partial charge is 0.377 e. The second-order valence-corrected chi connectivity index (χ2v) is 3.95. The molecule has 1 rings (SSSR count). The zero-order chi connectivity index (χ0) is 10.9. The predicted octanol–water partition coefficient (Wildman–Crippen LogP) is 2.33. The van der Waals surface area contributed by atoms with Crippen molar-refractivity contribution < 1.29 is 14.7 Å². The number of rotatable bonds is 2. The molecule has 3 nitrogen and oxygen atoms in total. The predicted molar refractivity (Wildman–Crippen MR) is 55.6 cm³/mol. The van der Waals surface area contributed by atoms with Gasteiger partial charge in [0.05, 0.1) is 0 Å². The third-order valence-electron chi connectivity index (χ3n) is 2.07. The molecule has 0 radical (unpaired) electrons. The molecule has 14 heavy (non-hydrogen) atoms. The van der Waals surface area contributed by atoms with E-state index in [-0.39, 0.29) is 5.56 Å². The lowest BCUT2D eigenvalue weighted by Crippen LogP contribution is -2.14. The Morgan fingerprint density at radius 2 is 1.86 bits per heavy atom. The molecule has 0 atom stereocenters.